The maximum Gasteiger partial charge on any atom is 0.191 e. The van der Waals surface area contributed by atoms with Crippen LogP contribution in [0.5, 0.6) is 0 Å². The molecule has 0 aliphatic heterocycles. The van der Waals surface area contributed by atoms with E-state index in [-0.39, 0.29) is 24.0 Å². The van der Waals surface area contributed by atoms with Crippen LogP contribution in [0, 0.1) is 0 Å². The molecule has 1 heterocycles. The summed E-state index contributed by atoms with van der Waals surface area (Å²) in [6.45, 7) is 3.91. The highest BCUT2D eigenvalue weighted by atomic mass is 127. The van der Waals surface area contributed by atoms with Crippen molar-refractivity contribution in [2.24, 2.45) is 4.99 Å². The highest BCUT2D eigenvalue weighted by Crippen LogP contribution is 2.19. The maximum absolute atomic E-state index is 4.13. The predicted molar refractivity (Wildman–Crippen MR) is 85.9 cm³/mol. The van der Waals surface area contributed by atoms with E-state index < -0.39 is 0 Å². The van der Waals surface area contributed by atoms with Gasteiger partial charge in [-0.1, -0.05) is 6.92 Å². The Balaban J connectivity index is 0.00000225. The van der Waals surface area contributed by atoms with E-state index in [1.807, 2.05) is 0 Å². The molecule has 0 aliphatic carbocycles. The smallest absolute Gasteiger partial charge is 0.191 e. The first-order valence-electron chi connectivity index (χ1n) is 4.93. The zero-order valence-corrected chi connectivity index (χ0v) is 14.2. The quantitative estimate of drug-likeness (QED) is 0.448. The Labute approximate surface area is 126 Å². The van der Waals surface area contributed by atoms with E-state index in [1.54, 1.807) is 18.4 Å². The summed E-state index contributed by atoms with van der Waals surface area (Å²) in [4.78, 5) is 5.43. The third kappa shape index (κ3) is 6.05. The molecule has 0 radical (unpaired) electrons. The molecule has 0 saturated heterocycles. The minimum atomic E-state index is 0. The minimum Gasteiger partial charge on any atom is -0.356 e. The number of hydrogen-bond donors (Lipinski definition) is 2. The van der Waals surface area contributed by atoms with Crippen molar-refractivity contribution in [3.8, 4) is 0 Å². The van der Waals surface area contributed by atoms with Crippen molar-refractivity contribution >= 4 is 57.2 Å². The van der Waals surface area contributed by atoms with Crippen LogP contribution in [0.4, 0.5) is 0 Å². The SMILES string of the molecule is CCCNC(=NC)NCc1cc(Br)cs1.I. The molecule has 0 fully saturated rings. The van der Waals surface area contributed by atoms with Crippen molar-refractivity contribution in [2.45, 2.75) is 19.9 Å². The first-order chi connectivity index (χ1) is 7.26. The van der Waals surface area contributed by atoms with Crippen LogP contribution in [-0.4, -0.2) is 19.6 Å². The summed E-state index contributed by atoms with van der Waals surface area (Å²) >= 11 is 5.17. The van der Waals surface area contributed by atoms with Gasteiger partial charge in [-0.3, -0.25) is 4.99 Å². The third-order valence-corrected chi connectivity index (χ3v) is 3.52. The third-order valence-electron chi connectivity index (χ3n) is 1.82. The summed E-state index contributed by atoms with van der Waals surface area (Å²) in [5, 5.41) is 8.57. The number of guanidine groups is 1. The van der Waals surface area contributed by atoms with Gasteiger partial charge < -0.3 is 10.6 Å². The topological polar surface area (TPSA) is 36.4 Å². The number of hydrogen-bond acceptors (Lipinski definition) is 2. The Bertz CT molecular complexity index is 328. The van der Waals surface area contributed by atoms with Crippen LogP contribution in [0.15, 0.2) is 20.9 Å². The van der Waals surface area contributed by atoms with Crippen molar-refractivity contribution in [2.75, 3.05) is 13.6 Å². The van der Waals surface area contributed by atoms with Crippen LogP contribution >= 0.6 is 51.2 Å². The molecule has 0 aliphatic rings. The lowest BCUT2D eigenvalue weighted by Crippen LogP contribution is -2.36. The lowest BCUT2D eigenvalue weighted by molar-refractivity contribution is 0.785. The van der Waals surface area contributed by atoms with E-state index in [1.165, 1.54) is 4.88 Å². The molecule has 0 atom stereocenters. The Morgan fingerprint density at radius 3 is 2.75 bits per heavy atom. The first-order valence-corrected chi connectivity index (χ1v) is 6.61. The van der Waals surface area contributed by atoms with Crippen molar-refractivity contribution in [1.29, 1.82) is 0 Å². The van der Waals surface area contributed by atoms with E-state index in [4.69, 9.17) is 0 Å². The summed E-state index contributed by atoms with van der Waals surface area (Å²) in [6, 6.07) is 2.12. The molecule has 3 nitrogen and oxygen atoms in total. The predicted octanol–water partition coefficient (Wildman–Crippen LogP) is 3.20. The van der Waals surface area contributed by atoms with Gasteiger partial charge in [0.25, 0.3) is 0 Å². The average Bonchev–Trinajstić information content (AvgIpc) is 2.65. The first kappa shape index (κ1) is 16.2. The molecule has 0 amide bonds. The average molecular weight is 418 g/mol. The molecule has 2 N–H and O–H groups in total. The highest BCUT2D eigenvalue weighted by Gasteiger charge is 1.99. The van der Waals surface area contributed by atoms with Crippen molar-refractivity contribution in [3.63, 3.8) is 0 Å². The molecule has 0 unspecified atom stereocenters. The fourth-order valence-corrected chi connectivity index (χ4v) is 2.47. The number of aliphatic imine (C=N–C) groups is 1. The normalized spacial score (nSPS) is 10.8. The molecule has 6 heteroatoms. The molecule has 16 heavy (non-hydrogen) atoms. The zero-order valence-electron chi connectivity index (χ0n) is 9.42. The molecule has 1 aromatic heterocycles. The lowest BCUT2D eigenvalue weighted by atomic mass is 10.4. The van der Waals surface area contributed by atoms with Crippen LogP contribution < -0.4 is 10.6 Å². The summed E-state index contributed by atoms with van der Waals surface area (Å²) in [6.07, 6.45) is 1.10. The summed E-state index contributed by atoms with van der Waals surface area (Å²) in [7, 11) is 1.79. The number of nitrogens with one attached hydrogen (secondary N) is 2. The molecule has 0 spiro atoms. The molecule has 1 rings (SSSR count). The van der Waals surface area contributed by atoms with Crippen LogP contribution in [0.2, 0.25) is 0 Å². The van der Waals surface area contributed by atoms with E-state index in [9.17, 15) is 0 Å². The molecule has 0 bridgehead atoms. The zero-order chi connectivity index (χ0) is 11.1. The molecule has 1 aromatic rings. The van der Waals surface area contributed by atoms with Gasteiger partial charge in [-0.25, -0.2) is 0 Å². The Kier molecular flexibility index (Phi) is 9.34. The fraction of sp³-hybridized carbons (Fsp3) is 0.500. The van der Waals surface area contributed by atoms with Crippen LogP contribution in [-0.2, 0) is 6.54 Å². The number of rotatable bonds is 4. The van der Waals surface area contributed by atoms with Gasteiger partial charge in [0.15, 0.2) is 5.96 Å². The van der Waals surface area contributed by atoms with E-state index in [0.717, 1.165) is 29.9 Å². The van der Waals surface area contributed by atoms with Gasteiger partial charge in [0, 0.05) is 28.3 Å². The van der Waals surface area contributed by atoms with Crippen molar-refractivity contribution < 1.29 is 0 Å². The largest absolute Gasteiger partial charge is 0.356 e. The van der Waals surface area contributed by atoms with E-state index in [0.29, 0.717) is 0 Å². The molecular weight excluding hydrogens is 401 g/mol. The number of nitrogens with zero attached hydrogens (tertiary/aromatic N) is 1. The van der Waals surface area contributed by atoms with Crippen LogP contribution in [0.1, 0.15) is 18.2 Å². The molecular formula is C10H17BrIN3S. The second-order valence-corrected chi connectivity index (χ2v) is 5.00. The second kappa shape index (κ2) is 9.23. The lowest BCUT2D eigenvalue weighted by Gasteiger charge is -2.09. The second-order valence-electron chi connectivity index (χ2n) is 3.08. The van der Waals surface area contributed by atoms with Crippen LogP contribution in [0.3, 0.4) is 0 Å². The van der Waals surface area contributed by atoms with Gasteiger partial charge in [0.2, 0.25) is 0 Å². The molecule has 0 saturated carbocycles. The molecule has 92 valence electrons. The number of halogens is 2. The monoisotopic (exact) mass is 417 g/mol. The maximum atomic E-state index is 4.13. The standard InChI is InChI=1S/C10H16BrN3S.HI/c1-3-4-13-10(12-2)14-6-9-5-8(11)7-15-9;/h5,7H,3-4,6H2,1-2H3,(H2,12,13,14);1H. The van der Waals surface area contributed by atoms with Gasteiger partial charge in [0.05, 0.1) is 6.54 Å². The van der Waals surface area contributed by atoms with Gasteiger partial charge in [-0.05, 0) is 28.4 Å². The summed E-state index contributed by atoms with van der Waals surface area (Å²) in [5.41, 5.74) is 0. The summed E-state index contributed by atoms with van der Waals surface area (Å²) < 4.78 is 1.14. The van der Waals surface area contributed by atoms with Gasteiger partial charge >= 0.3 is 0 Å². The highest BCUT2D eigenvalue weighted by molar-refractivity contribution is 14.0. The fourth-order valence-electron chi connectivity index (χ4n) is 1.08. The van der Waals surface area contributed by atoms with Gasteiger partial charge in [-0.15, -0.1) is 35.3 Å². The minimum absolute atomic E-state index is 0. The van der Waals surface area contributed by atoms with Crippen LogP contribution in [0.25, 0.3) is 0 Å². The van der Waals surface area contributed by atoms with E-state index >= 15 is 0 Å². The Hall–Kier alpha value is 0.180. The van der Waals surface area contributed by atoms with Crippen molar-refractivity contribution in [1.82, 2.24) is 10.6 Å². The van der Waals surface area contributed by atoms with Crippen molar-refractivity contribution in [3.05, 3.63) is 20.8 Å². The summed E-state index contributed by atoms with van der Waals surface area (Å²) in [5.74, 6) is 0.862. The van der Waals surface area contributed by atoms with E-state index in [2.05, 4.69) is 49.9 Å². The van der Waals surface area contributed by atoms with Gasteiger partial charge in [-0.2, -0.15) is 0 Å². The Morgan fingerprint density at radius 1 is 1.50 bits per heavy atom. The number of thiophene rings is 1. The molecule has 0 aromatic carbocycles. The van der Waals surface area contributed by atoms with Gasteiger partial charge in [0.1, 0.15) is 0 Å². The Morgan fingerprint density at radius 2 is 2.25 bits per heavy atom.